The molecule has 3 saturated carbocycles. The van der Waals surface area contributed by atoms with E-state index >= 15 is 0 Å². The van der Waals surface area contributed by atoms with Crippen LogP contribution in [0.2, 0.25) is 0 Å². The molecule has 0 amide bonds. The van der Waals surface area contributed by atoms with Crippen LogP contribution in [0.25, 0.3) is 0 Å². The molecule has 4 rings (SSSR count). The molecule has 4 aliphatic rings. The van der Waals surface area contributed by atoms with Gasteiger partial charge in [0.05, 0.1) is 12.7 Å². The number of ketones is 1. The van der Waals surface area contributed by atoms with E-state index in [2.05, 4.69) is 13.0 Å². The number of Topliss-reactive ketones (excluding diaryl/α,β-unsaturated/α-hetero) is 1. The first-order valence-electron chi connectivity index (χ1n) is 10.3. The summed E-state index contributed by atoms with van der Waals surface area (Å²) in [6.45, 7) is 5.00. The Morgan fingerprint density at radius 3 is 2.76 bits per heavy atom. The summed E-state index contributed by atoms with van der Waals surface area (Å²) >= 11 is 0. The fourth-order valence-corrected chi connectivity index (χ4v) is 7.63. The number of allylic oxidation sites excluding steroid dienone is 1. The molecule has 4 aliphatic carbocycles. The predicted molar refractivity (Wildman–Crippen MR) is 98.1 cm³/mol. The molecule has 3 fully saturated rings. The molecular formula is C22H34O3. The lowest BCUT2D eigenvalue weighted by Gasteiger charge is -2.58. The fraction of sp³-hybridized carbons (Fsp3) is 0.864. The summed E-state index contributed by atoms with van der Waals surface area (Å²) in [4.78, 5) is 12.2. The number of aliphatic hydroxyl groups excluding tert-OH is 1. The third-order valence-electron chi connectivity index (χ3n) is 8.69. The molecule has 0 aliphatic heterocycles. The second-order valence-electron chi connectivity index (χ2n) is 9.61. The molecule has 0 radical (unpaired) electrons. The van der Waals surface area contributed by atoms with Gasteiger partial charge in [-0.2, -0.15) is 0 Å². The maximum atomic E-state index is 12.2. The second-order valence-corrected chi connectivity index (χ2v) is 9.61. The fourth-order valence-electron chi connectivity index (χ4n) is 7.63. The van der Waals surface area contributed by atoms with E-state index in [1.54, 1.807) is 6.92 Å². The zero-order valence-corrected chi connectivity index (χ0v) is 16.1. The van der Waals surface area contributed by atoms with E-state index in [4.69, 9.17) is 4.74 Å². The summed E-state index contributed by atoms with van der Waals surface area (Å²) in [6, 6.07) is 0. The Morgan fingerprint density at radius 2 is 2.04 bits per heavy atom. The highest BCUT2D eigenvalue weighted by Gasteiger charge is 2.60. The van der Waals surface area contributed by atoms with Gasteiger partial charge in [0.15, 0.2) is 0 Å². The van der Waals surface area contributed by atoms with Crippen LogP contribution in [0.5, 0.6) is 0 Å². The normalized spacial score (nSPS) is 49.0. The maximum absolute atomic E-state index is 12.2. The molecular weight excluding hydrogens is 312 g/mol. The van der Waals surface area contributed by atoms with Crippen LogP contribution in [0.15, 0.2) is 11.6 Å². The smallest absolute Gasteiger partial charge is 0.133 e. The molecule has 3 nitrogen and oxygen atoms in total. The molecule has 0 aromatic heterocycles. The lowest BCUT2D eigenvalue weighted by Crippen LogP contribution is -2.53. The number of ether oxygens (including phenoxy) is 1. The van der Waals surface area contributed by atoms with E-state index in [1.165, 1.54) is 24.8 Å². The van der Waals surface area contributed by atoms with Gasteiger partial charge >= 0.3 is 0 Å². The molecule has 1 N–H and O–H groups in total. The standard InChI is InChI=1S/C22H34O3/c1-14(23)18-6-7-19-17-5-4-15-12-16(24)8-11-22(15,13-25-3)20(17)9-10-21(18,19)2/h4,16-20,24H,5-13H2,1-3H3/t16?,17-,18?,19-,20-,21?,22?/m0/s1. The van der Waals surface area contributed by atoms with Crippen LogP contribution in [0.1, 0.15) is 65.2 Å². The lowest BCUT2D eigenvalue weighted by atomic mass is 9.47. The van der Waals surface area contributed by atoms with Crippen LogP contribution in [0.3, 0.4) is 0 Å². The highest BCUT2D eigenvalue weighted by atomic mass is 16.5. The number of carbonyl (C=O) groups excluding carboxylic acids is 1. The van der Waals surface area contributed by atoms with Crippen molar-refractivity contribution in [1.82, 2.24) is 0 Å². The average molecular weight is 347 g/mol. The van der Waals surface area contributed by atoms with Crippen molar-refractivity contribution < 1.29 is 14.6 Å². The molecule has 0 bridgehead atoms. The molecule has 4 unspecified atom stereocenters. The molecule has 0 aromatic carbocycles. The Hall–Kier alpha value is -0.670. The zero-order valence-electron chi connectivity index (χ0n) is 16.1. The van der Waals surface area contributed by atoms with Gasteiger partial charge < -0.3 is 9.84 Å². The van der Waals surface area contributed by atoms with Gasteiger partial charge in [-0.3, -0.25) is 4.79 Å². The summed E-state index contributed by atoms with van der Waals surface area (Å²) in [5.41, 5.74) is 1.83. The Morgan fingerprint density at radius 1 is 1.24 bits per heavy atom. The van der Waals surface area contributed by atoms with Crippen molar-refractivity contribution in [3.63, 3.8) is 0 Å². The van der Waals surface area contributed by atoms with E-state index in [-0.39, 0.29) is 22.9 Å². The van der Waals surface area contributed by atoms with Gasteiger partial charge in [0.2, 0.25) is 0 Å². The third kappa shape index (κ3) is 2.49. The molecule has 0 heterocycles. The first-order chi connectivity index (χ1) is 11.9. The minimum Gasteiger partial charge on any atom is -0.393 e. The molecule has 0 saturated heterocycles. The monoisotopic (exact) mass is 346 g/mol. The van der Waals surface area contributed by atoms with Gasteiger partial charge in [-0.25, -0.2) is 0 Å². The summed E-state index contributed by atoms with van der Waals surface area (Å²) in [5.74, 6) is 2.72. The Kier molecular flexibility index (Phi) is 4.39. The predicted octanol–water partition coefficient (Wildman–Crippen LogP) is 4.14. The van der Waals surface area contributed by atoms with Crippen LogP contribution in [-0.4, -0.2) is 30.7 Å². The first kappa shape index (κ1) is 17.7. The van der Waals surface area contributed by atoms with E-state index < -0.39 is 0 Å². The number of hydrogen-bond acceptors (Lipinski definition) is 3. The van der Waals surface area contributed by atoms with Gasteiger partial charge in [-0.15, -0.1) is 0 Å². The van der Waals surface area contributed by atoms with E-state index in [0.29, 0.717) is 23.5 Å². The molecule has 3 heteroatoms. The number of hydrogen-bond donors (Lipinski definition) is 1. The van der Waals surface area contributed by atoms with Crippen LogP contribution in [-0.2, 0) is 9.53 Å². The summed E-state index contributed by atoms with van der Waals surface area (Å²) in [5, 5.41) is 10.2. The van der Waals surface area contributed by atoms with Gasteiger partial charge in [-0.05, 0) is 81.5 Å². The number of aliphatic hydroxyl groups is 1. The van der Waals surface area contributed by atoms with Crippen molar-refractivity contribution in [1.29, 1.82) is 0 Å². The van der Waals surface area contributed by atoms with Crippen LogP contribution in [0, 0.1) is 34.5 Å². The number of methoxy groups -OCH3 is 1. The maximum Gasteiger partial charge on any atom is 0.133 e. The summed E-state index contributed by atoms with van der Waals surface area (Å²) in [6.07, 6.45) is 10.9. The molecule has 7 atom stereocenters. The minimum atomic E-state index is -0.171. The largest absolute Gasteiger partial charge is 0.393 e. The first-order valence-corrected chi connectivity index (χ1v) is 10.3. The molecule has 25 heavy (non-hydrogen) atoms. The Labute approximate surface area is 152 Å². The SMILES string of the molecule is COCC12CCC(O)CC1=CC[C@@H]1[C@@H]2CCC2(C)C(C(C)=O)CC[C@@H]12. The number of fused-ring (bicyclic) bond motifs is 5. The number of rotatable bonds is 3. The molecule has 0 spiro atoms. The average Bonchev–Trinajstić information content (AvgIpc) is 2.93. The van der Waals surface area contributed by atoms with Crippen LogP contribution < -0.4 is 0 Å². The minimum absolute atomic E-state index is 0.145. The summed E-state index contributed by atoms with van der Waals surface area (Å²) < 4.78 is 5.75. The topological polar surface area (TPSA) is 46.5 Å². The van der Waals surface area contributed by atoms with Crippen molar-refractivity contribution in [2.24, 2.45) is 34.5 Å². The Balaban J connectivity index is 1.69. The van der Waals surface area contributed by atoms with Crippen molar-refractivity contribution in [2.75, 3.05) is 13.7 Å². The lowest BCUT2D eigenvalue weighted by molar-refractivity contribution is -0.128. The zero-order chi connectivity index (χ0) is 17.8. The second kappa shape index (κ2) is 6.20. The van der Waals surface area contributed by atoms with Gasteiger partial charge in [0.1, 0.15) is 5.78 Å². The Bertz CT molecular complexity index is 582. The van der Waals surface area contributed by atoms with E-state index in [1.807, 2.05) is 7.11 Å². The van der Waals surface area contributed by atoms with Crippen molar-refractivity contribution in [2.45, 2.75) is 71.3 Å². The molecule has 0 aromatic rings. The quantitative estimate of drug-likeness (QED) is 0.781. The van der Waals surface area contributed by atoms with Gasteiger partial charge in [0, 0.05) is 18.4 Å². The highest BCUT2D eigenvalue weighted by molar-refractivity contribution is 5.79. The van der Waals surface area contributed by atoms with Gasteiger partial charge in [-0.1, -0.05) is 18.6 Å². The number of carbonyl (C=O) groups is 1. The van der Waals surface area contributed by atoms with Crippen molar-refractivity contribution in [3.8, 4) is 0 Å². The van der Waals surface area contributed by atoms with Crippen LogP contribution >= 0.6 is 0 Å². The molecule has 140 valence electrons. The highest BCUT2D eigenvalue weighted by Crippen LogP contribution is 2.66. The van der Waals surface area contributed by atoms with Gasteiger partial charge in [0.25, 0.3) is 0 Å². The third-order valence-corrected chi connectivity index (χ3v) is 8.69. The van der Waals surface area contributed by atoms with E-state index in [0.717, 1.165) is 38.7 Å². The van der Waals surface area contributed by atoms with Crippen molar-refractivity contribution in [3.05, 3.63) is 11.6 Å². The van der Waals surface area contributed by atoms with Crippen LogP contribution in [0.4, 0.5) is 0 Å². The summed E-state index contributed by atoms with van der Waals surface area (Å²) in [7, 11) is 1.83. The van der Waals surface area contributed by atoms with Crippen molar-refractivity contribution >= 4 is 5.78 Å². The van der Waals surface area contributed by atoms with E-state index in [9.17, 15) is 9.90 Å².